The molecular formula is C29H29Cl2F3O4S. The van der Waals surface area contributed by atoms with Gasteiger partial charge in [-0.3, -0.25) is 4.79 Å². The molecule has 0 aliphatic carbocycles. The van der Waals surface area contributed by atoms with E-state index in [2.05, 4.69) is 0 Å². The maximum absolute atomic E-state index is 12.6. The normalized spacial score (nSPS) is 12.9. The molecule has 0 spiro atoms. The van der Waals surface area contributed by atoms with Crippen LogP contribution < -0.4 is 4.74 Å². The number of ketones is 1. The summed E-state index contributed by atoms with van der Waals surface area (Å²) in [7, 11) is -3.38. The van der Waals surface area contributed by atoms with Gasteiger partial charge in [0.1, 0.15) is 12.4 Å². The number of rotatable bonds is 13. The molecule has 3 aromatic rings. The zero-order valence-electron chi connectivity index (χ0n) is 21.3. The standard InChI is InChI=1S/C29H29Cl2F3O4S/c1-20(28(35)29(32,33)34)19-21-4-14-26(15-5-21)38-16-18-39(36,37)17-2-3-27(22-6-10-24(30)11-7-22)23-8-12-25(31)13-9-23/h4-15,20,27H,2-3,16-19H2,1H3. The van der Waals surface area contributed by atoms with Crippen LogP contribution in [0.25, 0.3) is 0 Å². The van der Waals surface area contributed by atoms with Crippen LogP contribution in [0.15, 0.2) is 72.8 Å². The number of benzene rings is 3. The van der Waals surface area contributed by atoms with Crippen molar-refractivity contribution in [3.05, 3.63) is 99.5 Å². The Morgan fingerprint density at radius 3 is 1.85 bits per heavy atom. The molecule has 0 aromatic heterocycles. The van der Waals surface area contributed by atoms with Crippen LogP contribution in [0.2, 0.25) is 10.0 Å². The lowest BCUT2D eigenvalue weighted by Gasteiger charge is -2.18. The number of hydrogen-bond acceptors (Lipinski definition) is 4. The van der Waals surface area contributed by atoms with E-state index in [1.165, 1.54) is 6.92 Å². The number of sulfone groups is 1. The molecule has 10 heteroatoms. The molecule has 0 amide bonds. The van der Waals surface area contributed by atoms with Crippen molar-refractivity contribution in [1.29, 1.82) is 0 Å². The number of hydrogen-bond donors (Lipinski definition) is 0. The first kappa shape index (κ1) is 31.0. The lowest BCUT2D eigenvalue weighted by atomic mass is 9.88. The summed E-state index contributed by atoms with van der Waals surface area (Å²) in [6, 6.07) is 21.2. The van der Waals surface area contributed by atoms with Gasteiger partial charge in [-0.1, -0.05) is 66.5 Å². The molecule has 210 valence electrons. The second-order valence-electron chi connectivity index (χ2n) is 9.41. The minimum Gasteiger partial charge on any atom is -0.493 e. The SMILES string of the molecule is CC(Cc1ccc(OCCS(=O)(=O)CCCC(c2ccc(Cl)cc2)c2ccc(Cl)cc2)cc1)C(=O)C(F)(F)F. The van der Waals surface area contributed by atoms with Crippen molar-refractivity contribution in [2.45, 2.75) is 38.3 Å². The highest BCUT2D eigenvalue weighted by molar-refractivity contribution is 7.91. The number of ether oxygens (including phenoxy) is 1. The van der Waals surface area contributed by atoms with Gasteiger partial charge in [0, 0.05) is 21.9 Å². The molecule has 0 fully saturated rings. The number of Topliss-reactive ketones (excluding diaryl/α,β-unsaturated/α-hetero) is 1. The Labute approximate surface area is 237 Å². The Balaban J connectivity index is 1.50. The highest BCUT2D eigenvalue weighted by atomic mass is 35.5. The van der Waals surface area contributed by atoms with Crippen LogP contribution >= 0.6 is 23.2 Å². The number of alkyl halides is 3. The fraction of sp³-hybridized carbons (Fsp3) is 0.345. The Morgan fingerprint density at radius 1 is 0.846 bits per heavy atom. The molecule has 0 aliphatic rings. The van der Waals surface area contributed by atoms with Gasteiger partial charge in [0.05, 0.1) is 11.5 Å². The summed E-state index contributed by atoms with van der Waals surface area (Å²) in [4.78, 5) is 11.3. The molecule has 0 N–H and O–H groups in total. The molecule has 1 atom stereocenters. The van der Waals surface area contributed by atoms with E-state index < -0.39 is 27.7 Å². The molecule has 4 nitrogen and oxygen atoms in total. The molecule has 0 bridgehead atoms. The predicted molar refractivity (Wildman–Crippen MR) is 149 cm³/mol. The largest absolute Gasteiger partial charge is 0.493 e. The summed E-state index contributed by atoms with van der Waals surface area (Å²) in [6.07, 6.45) is -3.86. The van der Waals surface area contributed by atoms with E-state index in [0.29, 0.717) is 34.2 Å². The van der Waals surface area contributed by atoms with Gasteiger partial charge in [-0.2, -0.15) is 13.2 Å². The fourth-order valence-corrected chi connectivity index (χ4v) is 5.66. The number of halogens is 5. The summed E-state index contributed by atoms with van der Waals surface area (Å²) >= 11 is 12.1. The molecule has 3 aromatic carbocycles. The monoisotopic (exact) mass is 600 g/mol. The van der Waals surface area contributed by atoms with E-state index in [0.717, 1.165) is 11.1 Å². The average molecular weight is 602 g/mol. The van der Waals surface area contributed by atoms with Gasteiger partial charge >= 0.3 is 6.18 Å². The predicted octanol–water partition coefficient (Wildman–Crippen LogP) is 7.71. The minimum atomic E-state index is -4.86. The van der Waals surface area contributed by atoms with E-state index in [1.54, 1.807) is 24.3 Å². The Hall–Kier alpha value is -2.55. The minimum absolute atomic E-state index is 0.00189. The zero-order chi connectivity index (χ0) is 28.6. The molecule has 0 radical (unpaired) electrons. The summed E-state index contributed by atoms with van der Waals surface area (Å²) in [6.45, 7) is 1.18. The van der Waals surface area contributed by atoms with Gasteiger partial charge in [0.15, 0.2) is 9.84 Å². The molecule has 0 aliphatic heterocycles. The molecule has 0 heterocycles. The smallest absolute Gasteiger partial charge is 0.450 e. The van der Waals surface area contributed by atoms with Crippen LogP contribution in [-0.2, 0) is 21.1 Å². The van der Waals surface area contributed by atoms with Crippen LogP contribution in [0.5, 0.6) is 5.75 Å². The first-order valence-corrected chi connectivity index (χ1v) is 15.0. The average Bonchev–Trinajstić information content (AvgIpc) is 2.88. The van der Waals surface area contributed by atoms with Gasteiger partial charge < -0.3 is 4.74 Å². The molecular weight excluding hydrogens is 572 g/mol. The van der Waals surface area contributed by atoms with Gasteiger partial charge in [0.2, 0.25) is 5.78 Å². The van der Waals surface area contributed by atoms with Gasteiger partial charge in [0.25, 0.3) is 0 Å². The first-order valence-electron chi connectivity index (χ1n) is 12.4. The fourth-order valence-electron chi connectivity index (χ4n) is 4.26. The van der Waals surface area contributed by atoms with E-state index in [1.807, 2.05) is 48.5 Å². The lowest BCUT2D eigenvalue weighted by Crippen LogP contribution is -2.30. The highest BCUT2D eigenvalue weighted by Crippen LogP contribution is 2.31. The quantitative estimate of drug-likeness (QED) is 0.201. The van der Waals surface area contributed by atoms with Crippen LogP contribution in [0.1, 0.15) is 42.4 Å². The molecule has 0 saturated heterocycles. The second kappa shape index (κ2) is 13.7. The van der Waals surface area contributed by atoms with E-state index in [4.69, 9.17) is 27.9 Å². The van der Waals surface area contributed by atoms with E-state index >= 15 is 0 Å². The van der Waals surface area contributed by atoms with Crippen molar-refractivity contribution in [2.75, 3.05) is 18.1 Å². The van der Waals surface area contributed by atoms with Crippen molar-refractivity contribution in [3.63, 3.8) is 0 Å². The number of carbonyl (C=O) groups excluding carboxylic acids is 1. The topological polar surface area (TPSA) is 60.4 Å². The van der Waals surface area contributed by atoms with Crippen molar-refractivity contribution in [1.82, 2.24) is 0 Å². The van der Waals surface area contributed by atoms with E-state index in [-0.39, 0.29) is 30.5 Å². The van der Waals surface area contributed by atoms with Crippen LogP contribution in [0, 0.1) is 5.92 Å². The third kappa shape index (κ3) is 9.85. The van der Waals surface area contributed by atoms with Crippen LogP contribution in [0.4, 0.5) is 13.2 Å². The highest BCUT2D eigenvalue weighted by Gasteiger charge is 2.41. The summed E-state index contributed by atoms with van der Waals surface area (Å²) in [5, 5.41) is 1.24. The Bertz CT molecular complexity index is 1280. The maximum Gasteiger partial charge on any atom is 0.450 e. The lowest BCUT2D eigenvalue weighted by molar-refractivity contribution is -0.175. The van der Waals surface area contributed by atoms with Crippen molar-refractivity contribution in [2.24, 2.45) is 5.92 Å². The van der Waals surface area contributed by atoms with Crippen LogP contribution in [0.3, 0.4) is 0 Å². The summed E-state index contributed by atoms with van der Waals surface area (Å²) < 4.78 is 68.6. The summed E-state index contributed by atoms with van der Waals surface area (Å²) in [5.74, 6) is -2.74. The zero-order valence-corrected chi connectivity index (χ0v) is 23.6. The maximum atomic E-state index is 12.6. The summed E-state index contributed by atoms with van der Waals surface area (Å²) in [5.41, 5.74) is 2.61. The first-order chi connectivity index (χ1) is 18.3. The molecule has 3 rings (SSSR count). The Morgan fingerprint density at radius 2 is 1.36 bits per heavy atom. The third-order valence-electron chi connectivity index (χ3n) is 6.35. The Kier molecular flexibility index (Phi) is 10.9. The molecule has 39 heavy (non-hydrogen) atoms. The van der Waals surface area contributed by atoms with Gasteiger partial charge in [-0.05, 0) is 72.4 Å². The molecule has 1 unspecified atom stereocenters. The van der Waals surface area contributed by atoms with E-state index in [9.17, 15) is 26.4 Å². The molecule has 0 saturated carbocycles. The van der Waals surface area contributed by atoms with Gasteiger partial charge in [-0.15, -0.1) is 0 Å². The van der Waals surface area contributed by atoms with Crippen molar-refractivity contribution < 1.29 is 31.1 Å². The number of carbonyl (C=O) groups is 1. The third-order valence-corrected chi connectivity index (χ3v) is 8.55. The van der Waals surface area contributed by atoms with Gasteiger partial charge in [-0.25, -0.2) is 8.42 Å². The second-order valence-corrected chi connectivity index (χ2v) is 12.6. The van der Waals surface area contributed by atoms with Crippen molar-refractivity contribution in [3.8, 4) is 5.75 Å². The van der Waals surface area contributed by atoms with Crippen molar-refractivity contribution >= 4 is 38.8 Å². The van der Waals surface area contributed by atoms with Crippen LogP contribution in [-0.4, -0.2) is 38.5 Å².